The average molecular weight is 315 g/mol. The maximum absolute atomic E-state index is 13.0. The van der Waals surface area contributed by atoms with E-state index >= 15 is 0 Å². The molecule has 0 aromatic heterocycles. The highest BCUT2D eigenvalue weighted by Crippen LogP contribution is 2.16. The molecule has 0 heterocycles. The second-order valence-electron chi connectivity index (χ2n) is 5.46. The van der Waals surface area contributed by atoms with Gasteiger partial charge in [0.25, 0.3) is 0 Å². The van der Waals surface area contributed by atoms with E-state index in [1.165, 1.54) is 30.4 Å². The summed E-state index contributed by atoms with van der Waals surface area (Å²) in [5.41, 5.74) is -0.386. The summed E-state index contributed by atoms with van der Waals surface area (Å²) in [6.07, 6.45) is 2.84. The van der Waals surface area contributed by atoms with Gasteiger partial charge in [-0.1, -0.05) is 17.7 Å². The fourth-order valence-electron chi connectivity index (χ4n) is 1.86. The maximum atomic E-state index is 13.0. The molecule has 0 aliphatic rings. The van der Waals surface area contributed by atoms with Crippen molar-refractivity contribution in [2.75, 3.05) is 27.2 Å². The quantitative estimate of drug-likeness (QED) is 0.789. The minimum atomic E-state index is -1.01. The molecule has 0 aliphatic carbocycles. The average Bonchev–Trinajstić information content (AvgIpc) is 2.36. The molecule has 21 heavy (non-hydrogen) atoms. The van der Waals surface area contributed by atoms with E-state index in [0.29, 0.717) is 12.1 Å². The van der Waals surface area contributed by atoms with Crippen molar-refractivity contribution < 1.29 is 14.3 Å². The number of nitrogens with zero attached hydrogens (tertiary/aromatic N) is 1. The zero-order valence-corrected chi connectivity index (χ0v) is 13.1. The van der Waals surface area contributed by atoms with Crippen LogP contribution in [0.1, 0.15) is 12.5 Å². The molecule has 0 aliphatic heterocycles. The Morgan fingerprint density at radius 3 is 2.76 bits per heavy atom. The van der Waals surface area contributed by atoms with Crippen molar-refractivity contribution >= 4 is 23.6 Å². The minimum Gasteiger partial charge on any atom is -0.387 e. The fourth-order valence-corrected chi connectivity index (χ4v) is 2.05. The molecule has 0 spiro atoms. The third-order valence-electron chi connectivity index (χ3n) is 2.67. The zero-order chi connectivity index (χ0) is 16.0. The van der Waals surface area contributed by atoms with E-state index in [2.05, 4.69) is 5.32 Å². The van der Waals surface area contributed by atoms with Crippen LogP contribution in [0.5, 0.6) is 0 Å². The highest BCUT2D eigenvalue weighted by Gasteiger charge is 2.21. The third kappa shape index (κ3) is 6.71. The van der Waals surface area contributed by atoms with Crippen molar-refractivity contribution in [3.8, 4) is 0 Å². The summed E-state index contributed by atoms with van der Waals surface area (Å²) in [5, 5.41) is 12.7. The van der Waals surface area contributed by atoms with Crippen LogP contribution in [0, 0.1) is 5.82 Å². The number of carbonyl (C=O) groups excluding carboxylic acids is 1. The van der Waals surface area contributed by atoms with Gasteiger partial charge in [0.2, 0.25) is 5.91 Å². The molecule has 116 valence electrons. The number of benzene rings is 1. The lowest BCUT2D eigenvalue weighted by molar-refractivity contribution is -0.117. The van der Waals surface area contributed by atoms with Crippen molar-refractivity contribution in [3.63, 3.8) is 0 Å². The first-order chi connectivity index (χ1) is 9.69. The van der Waals surface area contributed by atoms with Gasteiger partial charge in [-0.05, 0) is 44.8 Å². The summed E-state index contributed by atoms with van der Waals surface area (Å²) in [4.78, 5) is 13.5. The Labute approximate surface area is 129 Å². The van der Waals surface area contributed by atoms with E-state index < -0.39 is 11.4 Å². The third-order valence-corrected chi connectivity index (χ3v) is 2.96. The predicted molar refractivity (Wildman–Crippen MR) is 82.6 cm³/mol. The van der Waals surface area contributed by atoms with Gasteiger partial charge in [0, 0.05) is 19.2 Å². The molecule has 1 aromatic rings. The molecule has 1 aromatic carbocycles. The monoisotopic (exact) mass is 314 g/mol. The van der Waals surface area contributed by atoms with Crippen LogP contribution in [-0.2, 0) is 4.79 Å². The lowest BCUT2D eigenvalue weighted by atomic mass is 10.1. The summed E-state index contributed by atoms with van der Waals surface area (Å²) >= 11 is 5.65. The van der Waals surface area contributed by atoms with Crippen LogP contribution >= 0.6 is 11.6 Å². The van der Waals surface area contributed by atoms with Crippen molar-refractivity contribution in [1.29, 1.82) is 0 Å². The van der Waals surface area contributed by atoms with E-state index in [1.54, 1.807) is 6.92 Å². The zero-order valence-electron chi connectivity index (χ0n) is 12.4. The largest absolute Gasteiger partial charge is 0.387 e. The Kier molecular flexibility index (Phi) is 6.33. The van der Waals surface area contributed by atoms with Crippen LogP contribution in [0.15, 0.2) is 24.3 Å². The van der Waals surface area contributed by atoms with E-state index in [-0.39, 0.29) is 17.5 Å². The predicted octanol–water partition coefficient (Wildman–Crippen LogP) is 1.92. The number of hydrogen-bond donors (Lipinski definition) is 2. The van der Waals surface area contributed by atoms with E-state index in [0.717, 1.165) is 0 Å². The number of aliphatic hydroxyl groups is 1. The number of hydrogen-bond acceptors (Lipinski definition) is 3. The SMILES string of the molecule is CN(C)CC(C)(O)CNC(=O)/C=C/c1ccc(F)c(Cl)c1. The van der Waals surface area contributed by atoms with Crippen LogP contribution in [0.3, 0.4) is 0 Å². The highest BCUT2D eigenvalue weighted by molar-refractivity contribution is 6.30. The van der Waals surface area contributed by atoms with Gasteiger partial charge >= 0.3 is 0 Å². The molecule has 0 radical (unpaired) electrons. The van der Waals surface area contributed by atoms with Gasteiger partial charge in [-0.25, -0.2) is 4.39 Å². The Bertz CT molecular complexity index is 530. The van der Waals surface area contributed by atoms with Gasteiger partial charge < -0.3 is 15.3 Å². The standard InChI is InChI=1S/C15H20ClFN2O2/c1-15(21,10-19(2)3)9-18-14(20)7-5-11-4-6-13(17)12(16)8-11/h4-8,21H,9-10H2,1-3H3,(H,18,20)/b7-5+. The number of amides is 1. The van der Waals surface area contributed by atoms with Crippen molar-refractivity contribution in [2.24, 2.45) is 0 Å². The Balaban J connectivity index is 2.53. The van der Waals surface area contributed by atoms with Crippen LogP contribution in [0.25, 0.3) is 6.08 Å². The number of rotatable bonds is 6. The molecule has 6 heteroatoms. The van der Waals surface area contributed by atoms with Crippen molar-refractivity contribution in [1.82, 2.24) is 10.2 Å². The topological polar surface area (TPSA) is 52.6 Å². The van der Waals surface area contributed by atoms with Gasteiger partial charge in [-0.3, -0.25) is 4.79 Å². The first-order valence-corrected chi connectivity index (χ1v) is 6.85. The number of halogens is 2. The van der Waals surface area contributed by atoms with E-state index in [4.69, 9.17) is 11.6 Å². The Hall–Kier alpha value is -1.43. The molecule has 1 atom stereocenters. The second kappa shape index (κ2) is 7.54. The molecule has 0 bridgehead atoms. The number of carbonyl (C=O) groups is 1. The Morgan fingerprint density at radius 1 is 1.52 bits per heavy atom. The Morgan fingerprint density at radius 2 is 2.19 bits per heavy atom. The van der Waals surface area contributed by atoms with Gasteiger partial charge in [-0.2, -0.15) is 0 Å². The molecule has 1 amide bonds. The van der Waals surface area contributed by atoms with E-state index in [1.807, 2.05) is 19.0 Å². The van der Waals surface area contributed by atoms with Gasteiger partial charge in [0.15, 0.2) is 0 Å². The summed E-state index contributed by atoms with van der Waals surface area (Å²) in [5.74, 6) is -0.840. The summed E-state index contributed by atoms with van der Waals surface area (Å²) in [6.45, 7) is 2.22. The second-order valence-corrected chi connectivity index (χ2v) is 5.87. The van der Waals surface area contributed by atoms with Crippen molar-refractivity contribution in [2.45, 2.75) is 12.5 Å². The van der Waals surface area contributed by atoms with E-state index in [9.17, 15) is 14.3 Å². The van der Waals surface area contributed by atoms with Crippen LogP contribution in [0.2, 0.25) is 5.02 Å². The molecule has 1 unspecified atom stereocenters. The minimum absolute atomic E-state index is 0.00599. The molecular weight excluding hydrogens is 295 g/mol. The molecule has 0 fully saturated rings. The summed E-state index contributed by atoms with van der Waals surface area (Å²) in [7, 11) is 3.68. The number of nitrogens with one attached hydrogen (secondary N) is 1. The molecule has 2 N–H and O–H groups in total. The first-order valence-electron chi connectivity index (χ1n) is 6.48. The van der Waals surface area contributed by atoms with Crippen LogP contribution in [0.4, 0.5) is 4.39 Å². The molecule has 4 nitrogen and oxygen atoms in total. The lowest BCUT2D eigenvalue weighted by Crippen LogP contribution is -2.46. The highest BCUT2D eigenvalue weighted by atomic mass is 35.5. The molecule has 0 saturated carbocycles. The smallest absolute Gasteiger partial charge is 0.244 e. The molecule has 0 saturated heterocycles. The summed E-state index contributed by atoms with van der Waals surface area (Å²) < 4.78 is 13.0. The maximum Gasteiger partial charge on any atom is 0.244 e. The van der Waals surface area contributed by atoms with Gasteiger partial charge in [0.1, 0.15) is 5.82 Å². The molecule has 1 rings (SSSR count). The van der Waals surface area contributed by atoms with Crippen LogP contribution in [-0.4, -0.2) is 48.7 Å². The van der Waals surface area contributed by atoms with Gasteiger partial charge in [0.05, 0.1) is 10.6 Å². The van der Waals surface area contributed by atoms with Crippen LogP contribution < -0.4 is 5.32 Å². The molecular formula is C15H20ClFN2O2. The first kappa shape index (κ1) is 17.6. The normalized spacial score (nSPS) is 14.4. The number of likely N-dealkylation sites (N-methyl/N-ethyl adjacent to an activating group) is 1. The summed E-state index contributed by atoms with van der Waals surface area (Å²) in [6, 6.07) is 4.19. The van der Waals surface area contributed by atoms with Crippen molar-refractivity contribution in [3.05, 3.63) is 40.7 Å². The van der Waals surface area contributed by atoms with Gasteiger partial charge in [-0.15, -0.1) is 0 Å². The fraction of sp³-hybridized carbons (Fsp3) is 0.400. The lowest BCUT2D eigenvalue weighted by Gasteiger charge is -2.26.